The molecule has 0 spiro atoms. The third-order valence-corrected chi connectivity index (χ3v) is 6.45. The summed E-state index contributed by atoms with van der Waals surface area (Å²) in [4.78, 5) is 15.6. The molecule has 0 saturated carbocycles. The lowest BCUT2D eigenvalue weighted by Gasteiger charge is -2.30. The zero-order valence-electron chi connectivity index (χ0n) is 17.2. The second kappa shape index (κ2) is 8.66. The molecule has 5 heteroatoms. The Labute approximate surface area is 187 Å². The van der Waals surface area contributed by atoms with Crippen LogP contribution < -0.4 is 0 Å². The number of carbonyl (C=O) groups is 1. The molecule has 31 heavy (non-hydrogen) atoms. The lowest BCUT2D eigenvalue weighted by Crippen LogP contribution is -2.40. The number of hydrogen-bond acceptors (Lipinski definition) is 3. The van der Waals surface area contributed by atoms with E-state index in [4.69, 9.17) is 16.7 Å². The minimum Gasteiger partial charge on any atom is -0.290 e. The zero-order chi connectivity index (χ0) is 21.2. The Bertz CT molecular complexity index is 1130. The largest absolute Gasteiger partial charge is 0.290 e. The number of hydrogen-bond donors (Lipinski definition) is 0. The van der Waals surface area contributed by atoms with E-state index in [1.54, 1.807) is 5.01 Å². The van der Waals surface area contributed by atoms with Crippen molar-refractivity contribution >= 4 is 23.2 Å². The molecular formula is C26H24ClN3O. The van der Waals surface area contributed by atoms with E-state index < -0.39 is 0 Å². The molecule has 0 aliphatic carbocycles. The van der Waals surface area contributed by atoms with Crippen molar-refractivity contribution in [2.75, 3.05) is 13.1 Å². The fourth-order valence-corrected chi connectivity index (χ4v) is 4.75. The molecule has 0 unspecified atom stereocenters. The van der Waals surface area contributed by atoms with E-state index in [9.17, 15) is 4.79 Å². The van der Waals surface area contributed by atoms with Crippen molar-refractivity contribution in [3.05, 3.63) is 106 Å². The van der Waals surface area contributed by atoms with Gasteiger partial charge in [0.1, 0.15) is 0 Å². The van der Waals surface area contributed by atoms with Crippen LogP contribution in [0.15, 0.2) is 84.0 Å². The van der Waals surface area contributed by atoms with Crippen LogP contribution in [0.2, 0.25) is 5.02 Å². The third-order valence-electron chi connectivity index (χ3n) is 6.11. The highest BCUT2D eigenvalue weighted by Crippen LogP contribution is 2.36. The summed E-state index contributed by atoms with van der Waals surface area (Å²) in [6, 6.07) is 26.1. The summed E-state index contributed by atoms with van der Waals surface area (Å²) in [6.45, 7) is 2.02. The predicted octanol–water partition coefficient (Wildman–Crippen LogP) is 5.08. The van der Waals surface area contributed by atoms with Gasteiger partial charge < -0.3 is 0 Å². The first-order valence-corrected chi connectivity index (χ1v) is 11.1. The van der Waals surface area contributed by atoms with Crippen molar-refractivity contribution in [3.8, 4) is 0 Å². The number of rotatable bonds is 4. The molecule has 156 valence electrons. The Balaban J connectivity index is 1.40. The van der Waals surface area contributed by atoms with Crippen LogP contribution in [-0.2, 0) is 17.8 Å². The van der Waals surface area contributed by atoms with Crippen molar-refractivity contribution in [3.63, 3.8) is 0 Å². The minimum atomic E-state index is -0.187. The van der Waals surface area contributed by atoms with Crippen molar-refractivity contribution < 1.29 is 4.79 Å². The van der Waals surface area contributed by atoms with Gasteiger partial charge in [0.25, 0.3) is 5.91 Å². The van der Waals surface area contributed by atoms with Crippen molar-refractivity contribution in [1.29, 1.82) is 0 Å². The number of benzene rings is 3. The standard InChI is InChI=1S/C26H24ClN3O/c27-23-13-7-6-12-22(23)25-16-24(20-9-2-1-3-10-20)28-30(25)26(31)18-29-15-14-19-8-4-5-11-21(19)17-29/h1-13,25H,14-18H2/t25-/m0/s1. The van der Waals surface area contributed by atoms with Gasteiger partial charge in [0, 0.05) is 24.5 Å². The van der Waals surface area contributed by atoms with Crippen LogP contribution in [0.1, 0.15) is 34.7 Å². The van der Waals surface area contributed by atoms with E-state index in [1.807, 2.05) is 54.6 Å². The van der Waals surface area contributed by atoms with E-state index in [0.29, 0.717) is 18.0 Å². The first-order chi connectivity index (χ1) is 15.2. The normalized spacial score (nSPS) is 18.5. The van der Waals surface area contributed by atoms with E-state index in [0.717, 1.165) is 36.3 Å². The molecule has 3 aromatic carbocycles. The number of halogens is 1. The fourth-order valence-electron chi connectivity index (χ4n) is 4.49. The molecule has 0 radical (unpaired) electrons. The zero-order valence-corrected chi connectivity index (χ0v) is 18.0. The molecule has 0 bridgehead atoms. The van der Waals surface area contributed by atoms with Crippen LogP contribution >= 0.6 is 11.6 Å². The van der Waals surface area contributed by atoms with Crippen molar-refractivity contribution in [2.45, 2.75) is 25.4 Å². The van der Waals surface area contributed by atoms with E-state index in [-0.39, 0.29) is 11.9 Å². The Kier molecular flexibility index (Phi) is 5.58. The monoisotopic (exact) mass is 429 g/mol. The summed E-state index contributed by atoms with van der Waals surface area (Å²) in [5.41, 5.74) is 5.59. The number of nitrogens with zero attached hydrogens (tertiary/aromatic N) is 3. The van der Waals surface area contributed by atoms with Gasteiger partial charge in [0.15, 0.2) is 0 Å². The molecule has 0 aromatic heterocycles. The van der Waals surface area contributed by atoms with E-state index in [2.05, 4.69) is 29.2 Å². The van der Waals surface area contributed by atoms with Crippen LogP contribution in [0.25, 0.3) is 0 Å². The summed E-state index contributed by atoms with van der Waals surface area (Å²) in [5.74, 6) is 0.00947. The van der Waals surface area contributed by atoms with Crippen LogP contribution in [0, 0.1) is 0 Å². The van der Waals surface area contributed by atoms with Gasteiger partial charge in [0.05, 0.1) is 18.3 Å². The quantitative estimate of drug-likeness (QED) is 0.580. The number of hydrazone groups is 1. The Morgan fingerprint density at radius 3 is 2.45 bits per heavy atom. The summed E-state index contributed by atoms with van der Waals surface area (Å²) < 4.78 is 0. The molecule has 5 rings (SSSR count). The maximum Gasteiger partial charge on any atom is 0.257 e. The SMILES string of the molecule is O=C(CN1CCc2ccccc2C1)N1N=C(c2ccccc2)C[C@H]1c1ccccc1Cl. The molecule has 0 saturated heterocycles. The van der Waals surface area contributed by atoms with Gasteiger partial charge in [-0.15, -0.1) is 0 Å². The lowest BCUT2D eigenvalue weighted by molar-refractivity contribution is -0.134. The highest BCUT2D eigenvalue weighted by molar-refractivity contribution is 6.31. The molecule has 2 aliphatic heterocycles. The van der Waals surface area contributed by atoms with E-state index in [1.165, 1.54) is 11.1 Å². The predicted molar refractivity (Wildman–Crippen MR) is 124 cm³/mol. The minimum absolute atomic E-state index is 0.00947. The molecule has 0 N–H and O–H groups in total. The fraction of sp³-hybridized carbons (Fsp3) is 0.231. The summed E-state index contributed by atoms with van der Waals surface area (Å²) >= 11 is 6.52. The van der Waals surface area contributed by atoms with Crippen LogP contribution in [0.4, 0.5) is 0 Å². The topological polar surface area (TPSA) is 35.9 Å². The highest BCUT2D eigenvalue weighted by Gasteiger charge is 2.35. The number of carbonyl (C=O) groups excluding carboxylic acids is 1. The summed E-state index contributed by atoms with van der Waals surface area (Å²) in [6.07, 6.45) is 1.62. The van der Waals surface area contributed by atoms with Gasteiger partial charge in [-0.05, 0) is 34.7 Å². The average Bonchev–Trinajstić information content (AvgIpc) is 3.25. The average molecular weight is 430 g/mol. The van der Waals surface area contributed by atoms with Crippen LogP contribution in [-0.4, -0.2) is 34.6 Å². The summed E-state index contributed by atoms with van der Waals surface area (Å²) in [5, 5.41) is 7.11. The molecule has 3 aromatic rings. The van der Waals surface area contributed by atoms with Gasteiger partial charge in [0.2, 0.25) is 0 Å². The summed E-state index contributed by atoms with van der Waals surface area (Å²) in [7, 11) is 0. The maximum atomic E-state index is 13.4. The first kappa shape index (κ1) is 20.0. The van der Waals surface area contributed by atoms with Gasteiger partial charge in [-0.2, -0.15) is 5.10 Å². The highest BCUT2D eigenvalue weighted by atomic mass is 35.5. The second-order valence-electron chi connectivity index (χ2n) is 8.12. The van der Waals surface area contributed by atoms with Crippen LogP contribution in [0.3, 0.4) is 0 Å². The molecule has 1 atom stereocenters. The van der Waals surface area contributed by atoms with Crippen LogP contribution in [0.5, 0.6) is 0 Å². The molecule has 2 heterocycles. The third kappa shape index (κ3) is 4.14. The second-order valence-corrected chi connectivity index (χ2v) is 8.53. The van der Waals surface area contributed by atoms with Gasteiger partial charge in [-0.1, -0.05) is 84.4 Å². The van der Waals surface area contributed by atoms with Gasteiger partial charge >= 0.3 is 0 Å². The van der Waals surface area contributed by atoms with E-state index >= 15 is 0 Å². The van der Waals surface area contributed by atoms with Gasteiger partial charge in [-0.25, -0.2) is 5.01 Å². The lowest BCUT2D eigenvalue weighted by atomic mass is 9.98. The Morgan fingerprint density at radius 2 is 1.65 bits per heavy atom. The smallest absolute Gasteiger partial charge is 0.257 e. The van der Waals surface area contributed by atoms with Crippen molar-refractivity contribution in [2.24, 2.45) is 5.10 Å². The molecule has 0 fully saturated rings. The van der Waals surface area contributed by atoms with Gasteiger partial charge in [-0.3, -0.25) is 9.69 Å². The number of amides is 1. The number of fused-ring (bicyclic) bond motifs is 1. The maximum absolute atomic E-state index is 13.4. The first-order valence-electron chi connectivity index (χ1n) is 10.7. The Hall–Kier alpha value is -2.95. The Morgan fingerprint density at radius 1 is 0.935 bits per heavy atom. The van der Waals surface area contributed by atoms with Crippen molar-refractivity contribution in [1.82, 2.24) is 9.91 Å². The molecule has 1 amide bonds. The molecule has 2 aliphatic rings. The molecular weight excluding hydrogens is 406 g/mol. The molecule has 4 nitrogen and oxygen atoms in total.